The van der Waals surface area contributed by atoms with E-state index in [9.17, 15) is 14.4 Å². The molecule has 1 heterocycles. The molecule has 7 nitrogen and oxygen atoms in total. The van der Waals surface area contributed by atoms with Gasteiger partial charge in [0.25, 0.3) is 0 Å². The van der Waals surface area contributed by atoms with Crippen molar-refractivity contribution in [2.45, 2.75) is 45.6 Å². The van der Waals surface area contributed by atoms with Crippen LogP contribution in [0.5, 0.6) is 0 Å². The number of nitrogens with zero attached hydrogens (tertiary/aromatic N) is 1. The molecule has 26 heavy (non-hydrogen) atoms. The van der Waals surface area contributed by atoms with Gasteiger partial charge in [-0.2, -0.15) is 0 Å². The SMILES string of the molecule is CCOC(=O)c1cc(C(C)C)sc1NC(=O)CN(C)CC(=O)NC1CC1. The van der Waals surface area contributed by atoms with E-state index in [-0.39, 0.29) is 37.4 Å². The van der Waals surface area contributed by atoms with Gasteiger partial charge in [-0.05, 0) is 38.8 Å². The molecule has 0 unspecified atom stereocenters. The number of esters is 1. The monoisotopic (exact) mass is 381 g/mol. The molecule has 0 saturated heterocycles. The van der Waals surface area contributed by atoms with Crippen molar-refractivity contribution in [3.8, 4) is 0 Å². The Morgan fingerprint density at radius 1 is 1.27 bits per heavy atom. The van der Waals surface area contributed by atoms with Crippen molar-refractivity contribution in [1.29, 1.82) is 0 Å². The van der Waals surface area contributed by atoms with E-state index in [0.717, 1.165) is 17.7 Å². The molecule has 0 spiro atoms. The minimum absolute atomic E-state index is 0.0647. The van der Waals surface area contributed by atoms with Crippen LogP contribution in [-0.2, 0) is 14.3 Å². The molecule has 2 rings (SSSR count). The summed E-state index contributed by atoms with van der Waals surface area (Å²) in [4.78, 5) is 38.9. The summed E-state index contributed by atoms with van der Waals surface area (Å²) in [5.41, 5.74) is 0.378. The molecule has 0 aliphatic heterocycles. The fraction of sp³-hybridized carbons (Fsp3) is 0.611. The number of ether oxygens (including phenoxy) is 1. The highest BCUT2D eigenvalue weighted by molar-refractivity contribution is 7.16. The van der Waals surface area contributed by atoms with Crippen LogP contribution in [0.3, 0.4) is 0 Å². The molecule has 0 radical (unpaired) electrons. The summed E-state index contributed by atoms with van der Waals surface area (Å²) >= 11 is 1.38. The second-order valence-corrected chi connectivity index (χ2v) is 7.91. The van der Waals surface area contributed by atoms with Gasteiger partial charge >= 0.3 is 5.97 Å². The number of carbonyl (C=O) groups excluding carboxylic acids is 3. The van der Waals surface area contributed by atoms with Crippen molar-refractivity contribution in [1.82, 2.24) is 10.2 Å². The molecule has 2 N–H and O–H groups in total. The molecule has 144 valence electrons. The van der Waals surface area contributed by atoms with Crippen molar-refractivity contribution in [3.05, 3.63) is 16.5 Å². The van der Waals surface area contributed by atoms with E-state index in [2.05, 4.69) is 10.6 Å². The van der Waals surface area contributed by atoms with Crippen LogP contribution in [0.25, 0.3) is 0 Å². The summed E-state index contributed by atoms with van der Waals surface area (Å²) in [6, 6.07) is 2.08. The van der Waals surface area contributed by atoms with Crippen LogP contribution in [0.1, 0.15) is 54.8 Å². The summed E-state index contributed by atoms with van der Waals surface area (Å²) in [5, 5.41) is 6.17. The molecule has 0 bridgehead atoms. The lowest BCUT2D eigenvalue weighted by Crippen LogP contribution is -2.39. The van der Waals surface area contributed by atoms with Crippen LogP contribution in [0.15, 0.2) is 6.07 Å². The highest BCUT2D eigenvalue weighted by atomic mass is 32.1. The van der Waals surface area contributed by atoms with Crippen LogP contribution in [0.2, 0.25) is 0 Å². The van der Waals surface area contributed by atoms with Crippen LogP contribution in [0, 0.1) is 0 Å². The summed E-state index contributed by atoms with van der Waals surface area (Å²) in [6.07, 6.45) is 2.06. The molecule has 0 aromatic carbocycles. The van der Waals surface area contributed by atoms with Gasteiger partial charge in [0, 0.05) is 10.9 Å². The predicted octanol–water partition coefficient (Wildman–Crippen LogP) is 2.20. The second-order valence-electron chi connectivity index (χ2n) is 6.83. The standard InChI is InChI=1S/C18H27N3O4S/c1-5-25-18(24)13-8-14(11(2)3)26-17(13)20-16(23)10-21(4)9-15(22)19-12-6-7-12/h8,11-12H,5-7,9-10H2,1-4H3,(H,19,22)(H,20,23). The molecule has 1 aliphatic carbocycles. The number of likely N-dealkylation sites (N-methyl/N-ethyl adjacent to an activating group) is 1. The minimum atomic E-state index is -0.442. The normalized spacial score (nSPS) is 13.8. The third kappa shape index (κ3) is 6.10. The first-order valence-electron chi connectivity index (χ1n) is 8.88. The van der Waals surface area contributed by atoms with Crippen LogP contribution in [0.4, 0.5) is 5.00 Å². The Balaban J connectivity index is 1.95. The van der Waals surface area contributed by atoms with E-state index in [1.165, 1.54) is 11.3 Å². The number of thiophene rings is 1. The topological polar surface area (TPSA) is 87.7 Å². The number of hydrogen-bond acceptors (Lipinski definition) is 6. The number of nitrogens with one attached hydrogen (secondary N) is 2. The molecule has 2 amide bonds. The largest absolute Gasteiger partial charge is 0.462 e. The number of carbonyl (C=O) groups is 3. The molecule has 1 aromatic rings. The fourth-order valence-corrected chi connectivity index (χ4v) is 3.43. The van der Waals surface area contributed by atoms with Gasteiger partial charge in [-0.3, -0.25) is 14.5 Å². The number of amides is 2. The summed E-state index contributed by atoms with van der Waals surface area (Å²) in [7, 11) is 1.71. The first-order chi connectivity index (χ1) is 12.3. The van der Waals surface area contributed by atoms with Gasteiger partial charge in [-0.15, -0.1) is 11.3 Å². The van der Waals surface area contributed by atoms with E-state index >= 15 is 0 Å². The molecule has 1 saturated carbocycles. The van der Waals surface area contributed by atoms with Crippen LogP contribution >= 0.6 is 11.3 Å². The molecule has 1 aromatic heterocycles. The van der Waals surface area contributed by atoms with Crippen molar-refractivity contribution in [2.24, 2.45) is 0 Å². The quantitative estimate of drug-likeness (QED) is 0.640. The van der Waals surface area contributed by atoms with E-state index in [4.69, 9.17) is 4.74 Å². The zero-order chi connectivity index (χ0) is 19.3. The van der Waals surface area contributed by atoms with E-state index in [1.54, 1.807) is 24.9 Å². The number of rotatable bonds is 9. The molecular weight excluding hydrogens is 354 g/mol. The van der Waals surface area contributed by atoms with Gasteiger partial charge < -0.3 is 15.4 Å². The van der Waals surface area contributed by atoms with Gasteiger partial charge in [-0.1, -0.05) is 13.8 Å². The van der Waals surface area contributed by atoms with Crippen molar-refractivity contribution in [3.63, 3.8) is 0 Å². The third-order valence-corrected chi connectivity index (χ3v) is 5.19. The Hall–Kier alpha value is -1.93. The zero-order valence-electron chi connectivity index (χ0n) is 15.8. The third-order valence-electron chi connectivity index (χ3n) is 3.84. The van der Waals surface area contributed by atoms with Gasteiger partial charge in [0.15, 0.2) is 0 Å². The Bertz CT molecular complexity index is 667. The lowest BCUT2D eigenvalue weighted by atomic mass is 10.1. The minimum Gasteiger partial charge on any atom is -0.462 e. The first-order valence-corrected chi connectivity index (χ1v) is 9.70. The predicted molar refractivity (Wildman–Crippen MR) is 102 cm³/mol. The van der Waals surface area contributed by atoms with Crippen LogP contribution < -0.4 is 10.6 Å². The lowest BCUT2D eigenvalue weighted by molar-refractivity contribution is -0.123. The Labute approximate surface area is 158 Å². The van der Waals surface area contributed by atoms with Gasteiger partial charge in [-0.25, -0.2) is 4.79 Å². The van der Waals surface area contributed by atoms with Crippen LogP contribution in [-0.4, -0.2) is 55.5 Å². The Morgan fingerprint density at radius 2 is 1.92 bits per heavy atom. The molecular formula is C18H27N3O4S. The van der Waals surface area contributed by atoms with Crippen molar-refractivity contribution in [2.75, 3.05) is 32.1 Å². The highest BCUT2D eigenvalue weighted by Crippen LogP contribution is 2.33. The molecule has 8 heteroatoms. The van der Waals surface area contributed by atoms with Gasteiger partial charge in [0.2, 0.25) is 11.8 Å². The summed E-state index contributed by atoms with van der Waals surface area (Å²) in [6.45, 7) is 6.30. The van der Waals surface area contributed by atoms with E-state index in [1.807, 2.05) is 13.8 Å². The summed E-state index contributed by atoms with van der Waals surface area (Å²) in [5.74, 6) is -0.543. The van der Waals surface area contributed by atoms with E-state index < -0.39 is 5.97 Å². The smallest absolute Gasteiger partial charge is 0.341 e. The Morgan fingerprint density at radius 3 is 2.50 bits per heavy atom. The maximum absolute atomic E-state index is 12.3. The van der Waals surface area contributed by atoms with Gasteiger partial charge in [0.1, 0.15) is 5.00 Å². The van der Waals surface area contributed by atoms with E-state index in [0.29, 0.717) is 16.6 Å². The number of hydrogen-bond donors (Lipinski definition) is 2. The first kappa shape index (κ1) is 20.4. The average Bonchev–Trinajstić information content (AvgIpc) is 3.23. The molecule has 0 atom stereocenters. The maximum atomic E-state index is 12.3. The van der Waals surface area contributed by atoms with Crippen molar-refractivity contribution >= 4 is 34.1 Å². The highest BCUT2D eigenvalue weighted by Gasteiger charge is 2.24. The zero-order valence-corrected chi connectivity index (χ0v) is 16.6. The Kier molecular flexibility index (Phi) is 7.16. The number of anilines is 1. The fourth-order valence-electron chi connectivity index (χ4n) is 2.36. The maximum Gasteiger partial charge on any atom is 0.341 e. The average molecular weight is 381 g/mol. The summed E-state index contributed by atoms with van der Waals surface area (Å²) < 4.78 is 5.07. The molecule has 1 fully saturated rings. The lowest BCUT2D eigenvalue weighted by Gasteiger charge is -2.15. The molecule has 1 aliphatic rings. The van der Waals surface area contributed by atoms with Gasteiger partial charge in [0.05, 0.1) is 25.3 Å². The second kappa shape index (κ2) is 9.14. The van der Waals surface area contributed by atoms with Crippen molar-refractivity contribution < 1.29 is 19.1 Å².